The lowest BCUT2D eigenvalue weighted by atomic mass is 9.45. The van der Waals surface area contributed by atoms with Crippen molar-refractivity contribution in [3.05, 3.63) is 0 Å². The molecule has 0 aliphatic heterocycles. The number of ketones is 1. The highest BCUT2D eigenvalue weighted by Gasteiger charge is 2.61. The van der Waals surface area contributed by atoms with Crippen LogP contribution in [0.15, 0.2) is 0 Å². The van der Waals surface area contributed by atoms with E-state index in [0.717, 1.165) is 25.7 Å². The van der Waals surface area contributed by atoms with Crippen LogP contribution in [0.4, 0.5) is 0 Å². The van der Waals surface area contributed by atoms with Gasteiger partial charge in [-0.3, -0.25) is 4.79 Å². The van der Waals surface area contributed by atoms with E-state index in [-0.39, 0.29) is 29.0 Å². The first-order valence-electron chi connectivity index (χ1n) is 9.22. The molecule has 4 fully saturated rings. The maximum Gasteiger partial charge on any atom is 0.136 e. The van der Waals surface area contributed by atoms with Gasteiger partial charge in [-0.25, -0.2) is 0 Å². The molecule has 124 valence electrons. The van der Waals surface area contributed by atoms with E-state index in [4.69, 9.17) is 0 Å². The summed E-state index contributed by atoms with van der Waals surface area (Å²) in [5.74, 6) is 2.09. The van der Waals surface area contributed by atoms with Gasteiger partial charge in [0.15, 0.2) is 0 Å². The van der Waals surface area contributed by atoms with Crippen LogP contribution in [0.5, 0.6) is 0 Å². The molecular formula is C19H30O3. The molecule has 4 saturated carbocycles. The van der Waals surface area contributed by atoms with Gasteiger partial charge in [0.05, 0.1) is 12.2 Å². The maximum atomic E-state index is 12.8. The van der Waals surface area contributed by atoms with Gasteiger partial charge in [0.1, 0.15) is 5.78 Å². The fraction of sp³-hybridized carbons (Fsp3) is 0.947. The number of hydrogen-bond donors (Lipinski definition) is 2. The Morgan fingerprint density at radius 3 is 2.55 bits per heavy atom. The molecule has 8 atom stereocenters. The van der Waals surface area contributed by atoms with Gasteiger partial charge in [0.25, 0.3) is 0 Å². The Hall–Kier alpha value is -0.410. The number of aliphatic hydroxyl groups is 2. The van der Waals surface area contributed by atoms with E-state index in [1.807, 2.05) is 0 Å². The van der Waals surface area contributed by atoms with Crippen molar-refractivity contribution in [2.24, 2.45) is 34.5 Å². The molecule has 0 aromatic carbocycles. The van der Waals surface area contributed by atoms with E-state index in [2.05, 4.69) is 13.8 Å². The molecule has 3 nitrogen and oxygen atoms in total. The summed E-state index contributed by atoms with van der Waals surface area (Å²) in [6.07, 6.45) is 7.03. The van der Waals surface area contributed by atoms with Crippen molar-refractivity contribution in [1.29, 1.82) is 0 Å². The number of Topliss-reactive ketones (excluding diaryl/α,β-unsaturated/α-hetero) is 1. The predicted molar refractivity (Wildman–Crippen MR) is 84.1 cm³/mol. The quantitative estimate of drug-likeness (QED) is 0.723. The first-order chi connectivity index (χ1) is 10.3. The molecule has 0 radical (unpaired) electrons. The summed E-state index contributed by atoms with van der Waals surface area (Å²) in [4.78, 5) is 12.8. The first-order valence-corrected chi connectivity index (χ1v) is 9.22. The Bertz CT molecular complexity index is 489. The second-order valence-electron chi connectivity index (χ2n) is 9.32. The Morgan fingerprint density at radius 1 is 1.00 bits per heavy atom. The average molecular weight is 306 g/mol. The summed E-state index contributed by atoms with van der Waals surface area (Å²) in [5, 5.41) is 20.2. The third-order valence-electron chi connectivity index (χ3n) is 8.18. The van der Waals surface area contributed by atoms with Gasteiger partial charge in [0, 0.05) is 12.3 Å². The zero-order valence-corrected chi connectivity index (χ0v) is 13.9. The minimum Gasteiger partial charge on any atom is -0.393 e. The van der Waals surface area contributed by atoms with E-state index in [9.17, 15) is 15.0 Å². The summed E-state index contributed by atoms with van der Waals surface area (Å²) < 4.78 is 0. The molecule has 4 aliphatic rings. The molecular weight excluding hydrogens is 276 g/mol. The lowest BCUT2D eigenvalue weighted by molar-refractivity contribution is -0.157. The molecule has 4 rings (SSSR count). The monoisotopic (exact) mass is 306 g/mol. The molecule has 0 heterocycles. The summed E-state index contributed by atoms with van der Waals surface area (Å²) in [7, 11) is 0. The van der Waals surface area contributed by atoms with Gasteiger partial charge in [-0.1, -0.05) is 13.8 Å². The second-order valence-corrected chi connectivity index (χ2v) is 9.32. The van der Waals surface area contributed by atoms with Crippen LogP contribution in [0.1, 0.15) is 65.2 Å². The van der Waals surface area contributed by atoms with Crippen molar-refractivity contribution in [3.63, 3.8) is 0 Å². The summed E-state index contributed by atoms with van der Waals surface area (Å²) in [5.41, 5.74) is 0.340. The van der Waals surface area contributed by atoms with E-state index in [1.54, 1.807) is 0 Å². The van der Waals surface area contributed by atoms with Crippen molar-refractivity contribution in [2.45, 2.75) is 77.4 Å². The van der Waals surface area contributed by atoms with Gasteiger partial charge < -0.3 is 10.2 Å². The van der Waals surface area contributed by atoms with Gasteiger partial charge in [0.2, 0.25) is 0 Å². The number of carbonyl (C=O) groups excluding carboxylic acids is 1. The fourth-order valence-corrected chi connectivity index (χ4v) is 7.04. The van der Waals surface area contributed by atoms with Gasteiger partial charge in [-0.15, -0.1) is 0 Å². The summed E-state index contributed by atoms with van der Waals surface area (Å²) in [6, 6.07) is 0. The molecule has 0 bridgehead atoms. The molecule has 0 aromatic heterocycles. The SMILES string of the molecule is CC12CCC3C(CC(=O)C4CC(O)CCC43C)C1CC(O)C2. The smallest absolute Gasteiger partial charge is 0.136 e. The van der Waals surface area contributed by atoms with Crippen LogP contribution < -0.4 is 0 Å². The summed E-state index contributed by atoms with van der Waals surface area (Å²) >= 11 is 0. The minimum atomic E-state index is -0.277. The number of hydrogen-bond acceptors (Lipinski definition) is 3. The Balaban J connectivity index is 1.67. The van der Waals surface area contributed by atoms with Crippen molar-refractivity contribution in [1.82, 2.24) is 0 Å². The van der Waals surface area contributed by atoms with Crippen LogP contribution >= 0.6 is 0 Å². The standard InChI is InChI=1S/C19H30O3/c1-18-5-4-14-13(15(18)8-12(21)10-18)9-17(22)16-7-11(20)3-6-19(14,16)2/h11-16,20-21H,3-10H2,1-2H3. The zero-order chi connectivity index (χ0) is 15.7. The molecule has 22 heavy (non-hydrogen) atoms. The molecule has 2 N–H and O–H groups in total. The second kappa shape index (κ2) is 4.80. The van der Waals surface area contributed by atoms with Crippen molar-refractivity contribution >= 4 is 5.78 Å². The van der Waals surface area contributed by atoms with Crippen molar-refractivity contribution < 1.29 is 15.0 Å². The van der Waals surface area contributed by atoms with E-state index in [0.29, 0.717) is 36.4 Å². The highest BCUT2D eigenvalue weighted by Crippen LogP contribution is 2.65. The Kier molecular flexibility index (Phi) is 3.30. The fourth-order valence-electron chi connectivity index (χ4n) is 7.04. The van der Waals surface area contributed by atoms with Crippen LogP contribution in [-0.2, 0) is 4.79 Å². The maximum absolute atomic E-state index is 12.8. The third kappa shape index (κ3) is 1.97. The van der Waals surface area contributed by atoms with Gasteiger partial charge >= 0.3 is 0 Å². The molecule has 0 spiro atoms. The normalized spacial score (nSPS) is 57.9. The van der Waals surface area contributed by atoms with Crippen LogP contribution in [0.3, 0.4) is 0 Å². The number of aliphatic hydroxyl groups excluding tert-OH is 2. The molecule has 0 amide bonds. The van der Waals surface area contributed by atoms with E-state index < -0.39 is 0 Å². The highest BCUT2D eigenvalue weighted by molar-refractivity contribution is 5.83. The molecule has 0 aromatic rings. The van der Waals surface area contributed by atoms with Crippen LogP contribution in [0.2, 0.25) is 0 Å². The summed E-state index contributed by atoms with van der Waals surface area (Å²) in [6.45, 7) is 4.67. The van der Waals surface area contributed by atoms with Gasteiger partial charge in [-0.05, 0) is 73.5 Å². The van der Waals surface area contributed by atoms with Crippen molar-refractivity contribution in [2.75, 3.05) is 0 Å². The van der Waals surface area contributed by atoms with Crippen molar-refractivity contribution in [3.8, 4) is 0 Å². The number of fused-ring (bicyclic) bond motifs is 5. The highest BCUT2D eigenvalue weighted by atomic mass is 16.3. The van der Waals surface area contributed by atoms with E-state index in [1.165, 1.54) is 12.8 Å². The topological polar surface area (TPSA) is 57.5 Å². The minimum absolute atomic E-state index is 0.0770. The zero-order valence-electron chi connectivity index (χ0n) is 13.9. The number of rotatable bonds is 0. The molecule has 0 saturated heterocycles. The van der Waals surface area contributed by atoms with Crippen LogP contribution in [-0.4, -0.2) is 28.2 Å². The molecule has 8 unspecified atom stereocenters. The van der Waals surface area contributed by atoms with Crippen LogP contribution in [0, 0.1) is 34.5 Å². The Morgan fingerprint density at radius 2 is 1.77 bits per heavy atom. The molecule has 3 heteroatoms. The lowest BCUT2D eigenvalue weighted by Gasteiger charge is -2.59. The largest absolute Gasteiger partial charge is 0.393 e. The number of carbonyl (C=O) groups is 1. The van der Waals surface area contributed by atoms with E-state index >= 15 is 0 Å². The predicted octanol–water partition coefficient (Wildman–Crippen LogP) is 2.93. The van der Waals surface area contributed by atoms with Crippen LogP contribution in [0.25, 0.3) is 0 Å². The Labute approximate surface area is 133 Å². The lowest BCUT2D eigenvalue weighted by Crippen LogP contribution is -2.56. The van der Waals surface area contributed by atoms with Gasteiger partial charge in [-0.2, -0.15) is 0 Å². The first kappa shape index (κ1) is 15.1. The third-order valence-corrected chi connectivity index (χ3v) is 8.18. The average Bonchev–Trinajstić information content (AvgIpc) is 2.76. The molecule has 4 aliphatic carbocycles.